The number of rotatable bonds is 15. The monoisotopic (exact) mass is 428 g/mol. The average Bonchev–Trinajstić information content (AvgIpc) is 2.77. The number of esters is 1. The highest BCUT2D eigenvalue weighted by Crippen LogP contribution is 2.27. The zero-order valence-electron chi connectivity index (χ0n) is 16.9. The largest absolute Gasteiger partial charge is 0.460 e. The predicted molar refractivity (Wildman–Crippen MR) is 109 cm³/mol. The second-order valence-corrected chi connectivity index (χ2v) is 7.88. The van der Waals surface area contributed by atoms with Crippen molar-refractivity contribution in [3.8, 4) is 0 Å². The lowest BCUT2D eigenvalue weighted by Crippen LogP contribution is -2.13. The Morgan fingerprint density at radius 3 is 2.34 bits per heavy atom. The average molecular weight is 429 g/mol. The van der Waals surface area contributed by atoms with Gasteiger partial charge < -0.3 is 14.2 Å². The molecule has 164 valence electrons. The Balaban J connectivity index is 1.39. The number of benzene rings is 1. The van der Waals surface area contributed by atoms with Gasteiger partial charge in [-0.15, -0.1) is 4.33 Å². The van der Waals surface area contributed by atoms with Gasteiger partial charge in [0.2, 0.25) is 0 Å². The third-order valence-electron chi connectivity index (χ3n) is 4.96. The molecule has 1 fully saturated rings. The Morgan fingerprint density at radius 1 is 0.931 bits per heavy atom. The molecule has 0 atom stereocenters. The molecule has 0 bridgehead atoms. The fraction of sp³-hybridized carbons (Fsp3) is 0.667. The molecule has 0 saturated heterocycles. The van der Waals surface area contributed by atoms with E-state index in [0.717, 1.165) is 31.0 Å². The fourth-order valence-corrected chi connectivity index (χ4v) is 3.77. The van der Waals surface area contributed by atoms with E-state index in [0.29, 0.717) is 30.3 Å². The first-order valence-corrected chi connectivity index (χ1v) is 11.1. The Labute approximate surface area is 177 Å². The summed E-state index contributed by atoms with van der Waals surface area (Å²) in [7, 11) is 0. The molecule has 7 nitrogen and oxygen atoms in total. The van der Waals surface area contributed by atoms with Crippen LogP contribution >= 0.6 is 12.0 Å². The summed E-state index contributed by atoms with van der Waals surface area (Å²) in [4.78, 5) is 12.6. The number of unbranched alkanes of at least 4 members (excludes halogenated alkanes) is 1. The molecule has 0 aliphatic heterocycles. The van der Waals surface area contributed by atoms with Crippen LogP contribution in [0.2, 0.25) is 0 Å². The minimum Gasteiger partial charge on any atom is -0.460 e. The summed E-state index contributed by atoms with van der Waals surface area (Å²) in [6.45, 7) is 2.38. The minimum absolute atomic E-state index is 0.193. The zero-order valence-corrected chi connectivity index (χ0v) is 17.7. The van der Waals surface area contributed by atoms with Crippen molar-refractivity contribution in [3.05, 3.63) is 29.8 Å². The van der Waals surface area contributed by atoms with Crippen LogP contribution in [0.1, 0.15) is 61.7 Å². The van der Waals surface area contributed by atoms with Crippen LogP contribution in [0, 0.1) is 5.92 Å². The third kappa shape index (κ3) is 11.0. The third-order valence-corrected chi connectivity index (χ3v) is 5.55. The smallest absolute Gasteiger partial charge is 0.338 e. The maximum atomic E-state index is 11.9. The molecular formula is C21H32O7S. The van der Waals surface area contributed by atoms with Crippen molar-refractivity contribution in [1.29, 1.82) is 0 Å². The minimum atomic E-state index is -0.418. The number of hydrogen-bond acceptors (Lipinski definition) is 8. The lowest BCUT2D eigenvalue weighted by Gasteiger charge is -2.21. The molecule has 0 amide bonds. The number of ether oxygens (including phenoxy) is 3. The Bertz CT molecular complexity index is 546. The van der Waals surface area contributed by atoms with Crippen LogP contribution in [0.4, 0.5) is 0 Å². The topological polar surface area (TPSA) is 83.5 Å². The van der Waals surface area contributed by atoms with Gasteiger partial charge in [0.25, 0.3) is 0 Å². The summed E-state index contributed by atoms with van der Waals surface area (Å²) in [5.41, 5.74) is 0.427. The number of carbonyl (C=O) groups is 1. The van der Waals surface area contributed by atoms with Gasteiger partial charge in [0.1, 0.15) is 6.61 Å². The Hall–Kier alpha value is -1.16. The van der Waals surface area contributed by atoms with Crippen molar-refractivity contribution in [2.24, 2.45) is 5.92 Å². The van der Waals surface area contributed by atoms with E-state index in [1.165, 1.54) is 44.9 Å². The Kier molecular flexibility index (Phi) is 13.0. The van der Waals surface area contributed by atoms with Gasteiger partial charge in [0.05, 0.1) is 37.4 Å². The second kappa shape index (κ2) is 15.6. The van der Waals surface area contributed by atoms with Gasteiger partial charge in [-0.3, -0.25) is 0 Å². The van der Waals surface area contributed by atoms with Gasteiger partial charge in [0, 0.05) is 11.5 Å². The molecule has 1 aromatic carbocycles. The van der Waals surface area contributed by atoms with Gasteiger partial charge in [-0.05, 0) is 36.6 Å². The number of hydrogen-bond donors (Lipinski definition) is 1. The maximum Gasteiger partial charge on any atom is 0.338 e. The van der Waals surface area contributed by atoms with Gasteiger partial charge in [-0.2, -0.15) is 0 Å². The van der Waals surface area contributed by atoms with Gasteiger partial charge in [-0.25, -0.2) is 10.1 Å². The molecule has 8 heteroatoms. The highest BCUT2D eigenvalue weighted by Gasteiger charge is 2.12. The van der Waals surface area contributed by atoms with Crippen LogP contribution in [0.15, 0.2) is 29.2 Å². The summed E-state index contributed by atoms with van der Waals surface area (Å²) in [5.74, 6) is 0.528. The molecule has 2 rings (SSSR count). The fourth-order valence-electron chi connectivity index (χ4n) is 3.41. The van der Waals surface area contributed by atoms with Crippen molar-refractivity contribution in [3.63, 3.8) is 0 Å². The first-order chi connectivity index (χ1) is 14.3. The summed E-state index contributed by atoms with van der Waals surface area (Å²) in [5, 5.41) is 11.6. The molecule has 1 N–H and O–H groups in total. The lowest BCUT2D eigenvalue weighted by molar-refractivity contribution is -0.432. The van der Waals surface area contributed by atoms with Crippen LogP contribution in [0.3, 0.4) is 0 Å². The van der Waals surface area contributed by atoms with Crippen LogP contribution in [0.5, 0.6) is 0 Å². The summed E-state index contributed by atoms with van der Waals surface area (Å²) in [6.07, 6.45) is 10.8. The van der Waals surface area contributed by atoms with Crippen molar-refractivity contribution < 1.29 is 33.6 Å². The summed E-state index contributed by atoms with van der Waals surface area (Å²) >= 11 is 0.826. The standard InChI is InChI=1S/C21H32O7S/c22-21(19-9-11-20(12-10-19)29-28-27-23)26-17-16-25-15-14-24-13-5-4-8-18-6-2-1-3-7-18/h9-12,18,23H,1-8,13-17H2. The van der Waals surface area contributed by atoms with E-state index < -0.39 is 5.97 Å². The molecule has 29 heavy (non-hydrogen) atoms. The van der Waals surface area contributed by atoms with Crippen molar-refractivity contribution >= 4 is 18.0 Å². The molecule has 1 saturated carbocycles. The molecule has 0 unspecified atom stereocenters. The second-order valence-electron chi connectivity index (χ2n) is 7.11. The van der Waals surface area contributed by atoms with E-state index in [9.17, 15) is 4.79 Å². The van der Waals surface area contributed by atoms with E-state index in [1.807, 2.05) is 0 Å². The molecule has 0 aromatic heterocycles. The van der Waals surface area contributed by atoms with Crippen LogP contribution in [-0.2, 0) is 23.6 Å². The van der Waals surface area contributed by atoms with Crippen LogP contribution in [-0.4, -0.2) is 44.3 Å². The van der Waals surface area contributed by atoms with Gasteiger partial charge >= 0.3 is 5.97 Å². The van der Waals surface area contributed by atoms with E-state index in [-0.39, 0.29) is 6.61 Å². The molecular weight excluding hydrogens is 396 g/mol. The normalized spacial score (nSPS) is 14.8. The van der Waals surface area contributed by atoms with Crippen molar-refractivity contribution in [1.82, 2.24) is 0 Å². The van der Waals surface area contributed by atoms with E-state index >= 15 is 0 Å². The van der Waals surface area contributed by atoms with Crippen molar-refractivity contribution in [2.75, 3.05) is 33.0 Å². The maximum absolute atomic E-state index is 11.9. The predicted octanol–water partition coefficient (Wildman–Crippen LogP) is 5.06. The van der Waals surface area contributed by atoms with E-state index in [1.54, 1.807) is 24.3 Å². The molecule has 0 heterocycles. The first kappa shape index (κ1) is 24.1. The van der Waals surface area contributed by atoms with Gasteiger partial charge in [-0.1, -0.05) is 50.0 Å². The highest BCUT2D eigenvalue weighted by atomic mass is 32.2. The van der Waals surface area contributed by atoms with Crippen LogP contribution in [0.25, 0.3) is 0 Å². The molecule has 1 aliphatic carbocycles. The first-order valence-electron chi connectivity index (χ1n) is 10.4. The van der Waals surface area contributed by atoms with Gasteiger partial charge in [0.15, 0.2) is 0 Å². The quantitative estimate of drug-likeness (QED) is 0.136. The summed E-state index contributed by atoms with van der Waals surface area (Å²) in [6, 6.07) is 6.52. The Morgan fingerprint density at radius 2 is 1.62 bits per heavy atom. The van der Waals surface area contributed by atoms with Crippen molar-refractivity contribution in [2.45, 2.75) is 56.3 Å². The summed E-state index contributed by atoms with van der Waals surface area (Å²) < 4.78 is 20.5. The molecule has 1 aromatic rings. The molecule has 1 aliphatic rings. The van der Waals surface area contributed by atoms with E-state index in [4.69, 9.17) is 19.5 Å². The van der Waals surface area contributed by atoms with E-state index in [2.05, 4.69) is 9.37 Å². The molecule has 0 radical (unpaired) electrons. The molecule has 0 spiro atoms. The lowest BCUT2D eigenvalue weighted by atomic mass is 9.86. The SMILES string of the molecule is O=C(OCCOCCOCCCCC1CCCCC1)c1ccc(SOOO)cc1. The van der Waals surface area contributed by atoms with Crippen LogP contribution < -0.4 is 0 Å². The number of carbonyl (C=O) groups excluding carboxylic acids is 1. The zero-order chi connectivity index (χ0) is 20.6. The highest BCUT2D eigenvalue weighted by molar-refractivity contribution is 7.94.